The van der Waals surface area contributed by atoms with Crippen LogP contribution in [0.2, 0.25) is 0 Å². The smallest absolute Gasteiger partial charge is 0.123 e. The lowest BCUT2D eigenvalue weighted by molar-refractivity contribution is 0.475. The Bertz CT molecular complexity index is 517. The third kappa shape index (κ3) is 2.89. The third-order valence-corrected chi connectivity index (χ3v) is 3.85. The number of thiazole rings is 1. The minimum Gasteiger partial charge on any atom is -0.508 e. The van der Waals surface area contributed by atoms with Crippen molar-refractivity contribution in [2.75, 3.05) is 0 Å². The van der Waals surface area contributed by atoms with Gasteiger partial charge in [0.1, 0.15) is 10.8 Å². The van der Waals surface area contributed by atoms with Crippen LogP contribution < -0.4 is 5.73 Å². The van der Waals surface area contributed by atoms with Crippen molar-refractivity contribution in [3.05, 3.63) is 34.8 Å². The number of hydrogen-bond donors (Lipinski definition) is 2. The molecule has 0 saturated carbocycles. The first-order valence-electron chi connectivity index (χ1n) is 6.08. The molecule has 0 radical (unpaired) electrons. The molecule has 3 N–H and O–H groups in total. The van der Waals surface area contributed by atoms with E-state index in [9.17, 15) is 5.11 Å². The topological polar surface area (TPSA) is 59.1 Å². The molecule has 1 aromatic carbocycles. The summed E-state index contributed by atoms with van der Waals surface area (Å²) in [5, 5.41) is 10.3. The van der Waals surface area contributed by atoms with E-state index in [1.54, 1.807) is 23.5 Å². The summed E-state index contributed by atoms with van der Waals surface area (Å²) in [4.78, 5) is 5.84. The maximum Gasteiger partial charge on any atom is 0.123 e. The van der Waals surface area contributed by atoms with Crippen LogP contribution in [0, 0.1) is 5.92 Å². The van der Waals surface area contributed by atoms with Gasteiger partial charge in [-0.25, -0.2) is 4.98 Å². The molecule has 0 spiro atoms. The number of aromatic hydroxyl groups is 1. The van der Waals surface area contributed by atoms with Crippen LogP contribution in [0.4, 0.5) is 0 Å². The normalized spacial score (nSPS) is 11.1. The van der Waals surface area contributed by atoms with E-state index in [0.29, 0.717) is 12.5 Å². The summed E-state index contributed by atoms with van der Waals surface area (Å²) in [7, 11) is 0. The van der Waals surface area contributed by atoms with Gasteiger partial charge in [0, 0.05) is 17.0 Å². The van der Waals surface area contributed by atoms with Crippen molar-refractivity contribution < 1.29 is 5.11 Å². The van der Waals surface area contributed by atoms with Gasteiger partial charge in [-0.05, 0) is 36.6 Å². The van der Waals surface area contributed by atoms with Gasteiger partial charge in [0.05, 0.1) is 5.69 Å². The first-order valence-corrected chi connectivity index (χ1v) is 6.90. The van der Waals surface area contributed by atoms with Crippen LogP contribution in [0.15, 0.2) is 24.3 Å². The first kappa shape index (κ1) is 13.1. The van der Waals surface area contributed by atoms with Crippen molar-refractivity contribution in [2.24, 2.45) is 11.7 Å². The maximum atomic E-state index is 9.29. The van der Waals surface area contributed by atoms with Crippen molar-refractivity contribution in [1.29, 1.82) is 0 Å². The Hall–Kier alpha value is -1.39. The molecule has 0 atom stereocenters. The van der Waals surface area contributed by atoms with E-state index in [-0.39, 0.29) is 5.75 Å². The molecule has 0 aliphatic carbocycles. The molecular weight excluding hydrogens is 244 g/mol. The minimum atomic E-state index is 0.275. The zero-order chi connectivity index (χ0) is 13.1. The summed E-state index contributed by atoms with van der Waals surface area (Å²) in [6, 6.07) is 7.13. The fourth-order valence-corrected chi connectivity index (χ4v) is 2.79. The number of phenols is 1. The van der Waals surface area contributed by atoms with E-state index in [0.717, 1.165) is 27.6 Å². The van der Waals surface area contributed by atoms with Gasteiger partial charge in [-0.3, -0.25) is 0 Å². The van der Waals surface area contributed by atoms with E-state index in [2.05, 4.69) is 18.8 Å². The second-order valence-electron chi connectivity index (χ2n) is 4.74. The first-order chi connectivity index (χ1) is 8.60. The Morgan fingerprint density at radius 2 is 1.94 bits per heavy atom. The Labute approximate surface area is 111 Å². The molecular formula is C14H18N2OS. The number of hydrogen-bond acceptors (Lipinski definition) is 4. The predicted molar refractivity (Wildman–Crippen MR) is 75.6 cm³/mol. The van der Waals surface area contributed by atoms with E-state index in [4.69, 9.17) is 5.73 Å². The van der Waals surface area contributed by atoms with Gasteiger partial charge in [-0.15, -0.1) is 11.3 Å². The molecule has 0 amide bonds. The monoisotopic (exact) mass is 262 g/mol. The summed E-state index contributed by atoms with van der Waals surface area (Å²) < 4.78 is 0. The molecule has 2 aromatic rings. The number of aromatic nitrogens is 1. The highest BCUT2D eigenvalue weighted by Gasteiger charge is 2.12. The van der Waals surface area contributed by atoms with Gasteiger partial charge in [0.25, 0.3) is 0 Å². The molecule has 18 heavy (non-hydrogen) atoms. The fraction of sp³-hybridized carbons (Fsp3) is 0.357. The fourth-order valence-electron chi connectivity index (χ4n) is 1.82. The number of rotatable bonds is 4. The Balaban J connectivity index is 2.34. The Kier molecular flexibility index (Phi) is 3.99. The third-order valence-electron chi connectivity index (χ3n) is 2.68. The summed E-state index contributed by atoms with van der Waals surface area (Å²) in [5.41, 5.74) is 7.91. The summed E-state index contributed by atoms with van der Waals surface area (Å²) in [6.45, 7) is 4.90. The van der Waals surface area contributed by atoms with Crippen LogP contribution >= 0.6 is 11.3 Å². The predicted octanol–water partition coefficient (Wildman–Crippen LogP) is 3.17. The van der Waals surface area contributed by atoms with Crippen molar-refractivity contribution in [3.63, 3.8) is 0 Å². The molecule has 0 aliphatic heterocycles. The molecule has 0 saturated heterocycles. The molecule has 0 aliphatic rings. The van der Waals surface area contributed by atoms with Crippen molar-refractivity contribution in [1.82, 2.24) is 4.98 Å². The van der Waals surface area contributed by atoms with Crippen molar-refractivity contribution in [3.8, 4) is 16.3 Å². The largest absolute Gasteiger partial charge is 0.508 e. The van der Waals surface area contributed by atoms with Crippen molar-refractivity contribution >= 4 is 11.3 Å². The summed E-state index contributed by atoms with van der Waals surface area (Å²) in [6.07, 6.45) is 0.959. The van der Waals surface area contributed by atoms with E-state index >= 15 is 0 Å². The lowest BCUT2D eigenvalue weighted by Gasteiger charge is -2.02. The highest BCUT2D eigenvalue weighted by molar-refractivity contribution is 7.15. The molecule has 0 unspecified atom stereocenters. The van der Waals surface area contributed by atoms with Crippen molar-refractivity contribution in [2.45, 2.75) is 26.8 Å². The molecule has 96 valence electrons. The standard InChI is InChI=1S/C14H18N2OS/c1-9(2)7-12-13(8-15)18-14(16-12)10-3-5-11(17)6-4-10/h3-6,9,17H,7-8,15H2,1-2H3. The number of benzene rings is 1. The molecule has 0 bridgehead atoms. The molecule has 3 nitrogen and oxygen atoms in total. The molecule has 1 aromatic heterocycles. The Morgan fingerprint density at radius 1 is 1.28 bits per heavy atom. The highest BCUT2D eigenvalue weighted by Crippen LogP contribution is 2.30. The van der Waals surface area contributed by atoms with Crippen LogP contribution in [0.3, 0.4) is 0 Å². The zero-order valence-corrected chi connectivity index (χ0v) is 11.5. The van der Waals surface area contributed by atoms with Gasteiger partial charge >= 0.3 is 0 Å². The van der Waals surface area contributed by atoms with Crippen LogP contribution in [0.1, 0.15) is 24.4 Å². The summed E-state index contributed by atoms with van der Waals surface area (Å²) >= 11 is 1.64. The maximum absolute atomic E-state index is 9.29. The second kappa shape index (κ2) is 5.50. The number of phenolic OH excluding ortho intramolecular Hbond substituents is 1. The number of nitrogens with two attached hydrogens (primary N) is 1. The average molecular weight is 262 g/mol. The number of nitrogens with zero attached hydrogens (tertiary/aromatic N) is 1. The molecule has 2 rings (SSSR count). The van der Waals surface area contributed by atoms with Crippen LogP contribution in [0.5, 0.6) is 5.75 Å². The lowest BCUT2D eigenvalue weighted by Crippen LogP contribution is -2.01. The average Bonchev–Trinajstić information content (AvgIpc) is 2.72. The van der Waals surface area contributed by atoms with Crippen LogP contribution in [-0.4, -0.2) is 10.1 Å². The van der Waals surface area contributed by atoms with E-state index in [1.807, 2.05) is 12.1 Å². The molecule has 0 fully saturated rings. The van der Waals surface area contributed by atoms with Crippen LogP contribution in [0.25, 0.3) is 10.6 Å². The van der Waals surface area contributed by atoms with Gasteiger partial charge < -0.3 is 10.8 Å². The lowest BCUT2D eigenvalue weighted by atomic mass is 10.1. The molecule has 1 heterocycles. The highest BCUT2D eigenvalue weighted by atomic mass is 32.1. The second-order valence-corrected chi connectivity index (χ2v) is 5.82. The summed E-state index contributed by atoms with van der Waals surface area (Å²) in [5.74, 6) is 0.849. The minimum absolute atomic E-state index is 0.275. The SMILES string of the molecule is CC(C)Cc1nc(-c2ccc(O)cc2)sc1CN. The van der Waals surface area contributed by atoms with Gasteiger partial charge in [-0.2, -0.15) is 0 Å². The molecule has 4 heteroatoms. The van der Waals surface area contributed by atoms with Gasteiger partial charge in [0.15, 0.2) is 0 Å². The van der Waals surface area contributed by atoms with Gasteiger partial charge in [0.2, 0.25) is 0 Å². The Morgan fingerprint density at radius 3 is 2.50 bits per heavy atom. The quantitative estimate of drug-likeness (QED) is 0.889. The van der Waals surface area contributed by atoms with E-state index < -0.39 is 0 Å². The zero-order valence-electron chi connectivity index (χ0n) is 10.7. The van der Waals surface area contributed by atoms with Crippen LogP contribution in [-0.2, 0) is 13.0 Å². The van der Waals surface area contributed by atoms with Gasteiger partial charge in [-0.1, -0.05) is 13.8 Å². The van der Waals surface area contributed by atoms with E-state index in [1.165, 1.54) is 0 Å².